The van der Waals surface area contributed by atoms with Gasteiger partial charge in [-0.25, -0.2) is 13.4 Å². The molecule has 8 nitrogen and oxygen atoms in total. The number of halogens is 3. The minimum atomic E-state index is -4.71. The zero-order chi connectivity index (χ0) is 19.2. The molecular weight excluding hydrogens is 367 g/mol. The Bertz CT molecular complexity index is 797. The van der Waals surface area contributed by atoms with E-state index in [4.69, 9.17) is 4.74 Å². The van der Waals surface area contributed by atoms with Crippen molar-refractivity contribution in [3.05, 3.63) is 28.8 Å². The van der Waals surface area contributed by atoms with Gasteiger partial charge in [0.15, 0.2) is 0 Å². The van der Waals surface area contributed by atoms with Gasteiger partial charge in [0.25, 0.3) is 5.91 Å². The summed E-state index contributed by atoms with van der Waals surface area (Å²) < 4.78 is 67.3. The van der Waals surface area contributed by atoms with Gasteiger partial charge >= 0.3 is 6.18 Å². The predicted molar refractivity (Wildman–Crippen MR) is 80.6 cm³/mol. The Morgan fingerprint density at radius 1 is 1.40 bits per heavy atom. The number of nitrogens with zero attached hydrogens (tertiary/aromatic N) is 1. The summed E-state index contributed by atoms with van der Waals surface area (Å²) in [7, 11) is -2.69. The summed E-state index contributed by atoms with van der Waals surface area (Å²) in [5, 5.41) is 12.4. The highest BCUT2D eigenvalue weighted by Crippen LogP contribution is 2.39. The highest BCUT2D eigenvalue weighted by Gasteiger charge is 2.39. The van der Waals surface area contributed by atoms with Crippen LogP contribution in [0.5, 0.6) is 0 Å². The molecule has 1 amide bonds. The summed E-state index contributed by atoms with van der Waals surface area (Å²) in [5.74, 6) is -1.01. The molecule has 3 N–H and O–H groups in total. The Morgan fingerprint density at radius 2 is 2.00 bits per heavy atom. The molecule has 1 aromatic rings. The molecular formula is C13H16F3N3O5S. The number of alkyl halides is 3. The molecule has 2 unspecified atom stereocenters. The average Bonchev–Trinajstić information content (AvgIpc) is 2.47. The van der Waals surface area contributed by atoms with Crippen molar-refractivity contribution in [1.29, 1.82) is 0 Å². The minimum Gasteiger partial charge on any atom is -0.377 e. The minimum absolute atomic E-state index is 0.242. The van der Waals surface area contributed by atoms with Crippen molar-refractivity contribution in [3.8, 4) is 0 Å². The number of methoxy groups -OCH3 is 1. The lowest BCUT2D eigenvalue weighted by atomic mass is 9.96. The molecule has 0 aliphatic carbocycles. The monoisotopic (exact) mass is 383 g/mol. The van der Waals surface area contributed by atoms with Crippen LogP contribution in [-0.4, -0.2) is 44.2 Å². The van der Waals surface area contributed by atoms with E-state index in [-0.39, 0.29) is 16.8 Å². The molecule has 0 aromatic heterocycles. The average molecular weight is 383 g/mol. The van der Waals surface area contributed by atoms with E-state index in [0.717, 1.165) is 12.3 Å². The SMILES string of the molecule is COC(C)c1cc2c(cc1C(F)(F)F)NC(O)N(NS(C)(=O)=O)C2=O. The van der Waals surface area contributed by atoms with Crippen LogP contribution in [-0.2, 0) is 20.9 Å². The Morgan fingerprint density at radius 3 is 2.48 bits per heavy atom. The maximum absolute atomic E-state index is 13.3. The van der Waals surface area contributed by atoms with Gasteiger partial charge in [-0.15, -0.1) is 4.83 Å². The van der Waals surface area contributed by atoms with Gasteiger partial charge in [0.2, 0.25) is 16.4 Å². The molecule has 140 valence electrons. The number of hydrogen-bond acceptors (Lipinski definition) is 6. The summed E-state index contributed by atoms with van der Waals surface area (Å²) in [4.78, 5) is 14.2. The topological polar surface area (TPSA) is 108 Å². The second-order valence-corrected chi connectivity index (χ2v) is 7.14. The Balaban J connectivity index is 2.60. The number of ether oxygens (including phenoxy) is 1. The van der Waals surface area contributed by atoms with Crippen LogP contribution in [0.4, 0.5) is 18.9 Å². The number of anilines is 1. The number of amides is 1. The lowest BCUT2D eigenvalue weighted by Crippen LogP contribution is -2.57. The number of benzene rings is 1. The molecule has 0 saturated heterocycles. The fourth-order valence-electron chi connectivity index (χ4n) is 2.34. The third-order valence-corrected chi connectivity index (χ3v) is 4.06. The molecule has 1 aliphatic heterocycles. The van der Waals surface area contributed by atoms with Gasteiger partial charge < -0.3 is 15.2 Å². The van der Waals surface area contributed by atoms with Crippen molar-refractivity contribution in [2.24, 2.45) is 0 Å². The van der Waals surface area contributed by atoms with Crippen molar-refractivity contribution in [3.63, 3.8) is 0 Å². The summed E-state index contributed by atoms with van der Waals surface area (Å²) in [6, 6.07) is 1.64. The quantitative estimate of drug-likeness (QED) is 0.717. The second-order valence-electron chi connectivity index (χ2n) is 5.42. The number of fused-ring (bicyclic) bond motifs is 1. The van der Waals surface area contributed by atoms with E-state index in [1.807, 2.05) is 0 Å². The molecule has 2 rings (SSSR count). The first-order valence-electron chi connectivity index (χ1n) is 6.88. The molecule has 0 saturated carbocycles. The van der Waals surface area contributed by atoms with Crippen LogP contribution in [0.15, 0.2) is 12.1 Å². The van der Waals surface area contributed by atoms with E-state index in [9.17, 15) is 31.5 Å². The smallest absolute Gasteiger partial charge is 0.377 e. The molecule has 0 bridgehead atoms. The van der Waals surface area contributed by atoms with Gasteiger partial charge in [-0.3, -0.25) is 4.79 Å². The molecule has 1 aliphatic rings. The van der Waals surface area contributed by atoms with Gasteiger partial charge in [-0.2, -0.15) is 13.2 Å². The number of aliphatic hydroxyl groups is 1. The molecule has 0 spiro atoms. The van der Waals surface area contributed by atoms with Gasteiger partial charge in [0, 0.05) is 7.11 Å². The maximum Gasteiger partial charge on any atom is 0.416 e. The summed E-state index contributed by atoms with van der Waals surface area (Å²) in [6.07, 6.45) is -6.80. The number of aliphatic hydroxyl groups excluding tert-OH is 1. The highest BCUT2D eigenvalue weighted by atomic mass is 32.2. The zero-order valence-corrected chi connectivity index (χ0v) is 14.2. The first-order valence-corrected chi connectivity index (χ1v) is 8.78. The largest absolute Gasteiger partial charge is 0.416 e. The molecule has 1 aromatic carbocycles. The third-order valence-electron chi connectivity index (χ3n) is 3.53. The van der Waals surface area contributed by atoms with Gasteiger partial charge in [0.1, 0.15) is 0 Å². The maximum atomic E-state index is 13.3. The Labute approximate surface area is 141 Å². The van der Waals surface area contributed by atoms with E-state index in [1.54, 1.807) is 4.83 Å². The predicted octanol–water partition coefficient (Wildman–Crippen LogP) is 1.02. The van der Waals surface area contributed by atoms with E-state index < -0.39 is 40.1 Å². The van der Waals surface area contributed by atoms with Crippen LogP contribution in [0.25, 0.3) is 0 Å². The van der Waals surface area contributed by atoms with E-state index in [1.165, 1.54) is 14.0 Å². The van der Waals surface area contributed by atoms with Gasteiger partial charge in [0.05, 0.1) is 29.2 Å². The number of hydrazine groups is 1. The standard InChI is InChI=1S/C13H16F3N3O5S/c1-6(24-2)7-4-8-10(5-9(7)13(14,15)16)17-12(21)19(11(8)20)18-25(3,22)23/h4-6,12,17-18,21H,1-3H3. The van der Waals surface area contributed by atoms with E-state index >= 15 is 0 Å². The van der Waals surface area contributed by atoms with Crippen molar-refractivity contribution in [2.75, 3.05) is 18.7 Å². The molecule has 1 heterocycles. The molecule has 12 heteroatoms. The van der Waals surface area contributed by atoms with Gasteiger partial charge in [-0.05, 0) is 24.6 Å². The summed E-state index contributed by atoms with van der Waals surface area (Å²) in [6.45, 7) is 1.37. The number of carbonyl (C=O) groups excluding carboxylic acids is 1. The van der Waals surface area contributed by atoms with E-state index in [0.29, 0.717) is 11.1 Å². The summed E-state index contributed by atoms with van der Waals surface area (Å²) >= 11 is 0. The first kappa shape index (κ1) is 19.4. The van der Waals surface area contributed by atoms with Gasteiger partial charge in [-0.1, -0.05) is 0 Å². The van der Waals surface area contributed by atoms with Crippen LogP contribution in [0.2, 0.25) is 0 Å². The fraction of sp³-hybridized carbons (Fsp3) is 0.462. The number of hydrogen-bond donors (Lipinski definition) is 3. The van der Waals surface area contributed by atoms with Crippen molar-refractivity contribution < 1.29 is 36.2 Å². The number of rotatable bonds is 4. The third kappa shape index (κ3) is 4.03. The lowest BCUT2D eigenvalue weighted by molar-refractivity contribution is -0.139. The Kier molecular flexibility index (Phi) is 5.01. The van der Waals surface area contributed by atoms with Crippen LogP contribution < -0.4 is 10.1 Å². The zero-order valence-electron chi connectivity index (χ0n) is 13.4. The van der Waals surface area contributed by atoms with Crippen LogP contribution in [0, 0.1) is 0 Å². The number of carbonyl (C=O) groups is 1. The fourth-order valence-corrected chi connectivity index (χ4v) is 2.88. The van der Waals surface area contributed by atoms with Crippen molar-refractivity contribution in [2.45, 2.75) is 25.6 Å². The van der Waals surface area contributed by atoms with E-state index in [2.05, 4.69) is 5.32 Å². The number of nitrogens with one attached hydrogen (secondary N) is 2. The van der Waals surface area contributed by atoms with Crippen LogP contribution in [0.1, 0.15) is 34.5 Å². The Hall–Kier alpha value is -1.89. The van der Waals surface area contributed by atoms with Crippen molar-refractivity contribution >= 4 is 21.6 Å². The van der Waals surface area contributed by atoms with Crippen molar-refractivity contribution in [1.82, 2.24) is 9.84 Å². The first-order chi connectivity index (χ1) is 11.3. The number of sulfonamides is 1. The van der Waals surface area contributed by atoms with Crippen LogP contribution in [0.3, 0.4) is 0 Å². The van der Waals surface area contributed by atoms with Crippen LogP contribution >= 0.6 is 0 Å². The highest BCUT2D eigenvalue weighted by molar-refractivity contribution is 7.88. The normalized spacial score (nSPS) is 19.4. The summed E-state index contributed by atoms with van der Waals surface area (Å²) in [5.41, 5.74) is -1.84. The lowest BCUT2D eigenvalue weighted by Gasteiger charge is -2.34. The molecule has 2 atom stereocenters. The molecule has 25 heavy (non-hydrogen) atoms. The molecule has 0 radical (unpaired) electrons. The molecule has 0 fully saturated rings. The second kappa shape index (κ2) is 6.44.